The Morgan fingerprint density at radius 2 is 2.16 bits per heavy atom. The van der Waals surface area contributed by atoms with E-state index in [0.717, 1.165) is 42.1 Å². The minimum atomic E-state index is -0.262. The van der Waals surface area contributed by atoms with Gasteiger partial charge in [0.25, 0.3) is 0 Å². The summed E-state index contributed by atoms with van der Waals surface area (Å²) in [4.78, 5) is 19.7. The van der Waals surface area contributed by atoms with E-state index in [-0.39, 0.29) is 5.91 Å². The topological polar surface area (TPSA) is 73.8 Å². The van der Waals surface area contributed by atoms with Crippen LogP contribution in [-0.2, 0) is 17.2 Å². The zero-order valence-electron chi connectivity index (χ0n) is 10.9. The molecule has 19 heavy (non-hydrogen) atoms. The first-order chi connectivity index (χ1) is 9.11. The number of primary amides is 1. The second kappa shape index (κ2) is 6.02. The largest absolute Gasteiger partial charge is 0.370 e. The number of rotatable bonds is 6. The quantitative estimate of drug-likeness (QED) is 0.651. The maximum absolute atomic E-state index is 10.7. The van der Waals surface area contributed by atoms with Crippen molar-refractivity contribution in [1.29, 1.82) is 0 Å². The Morgan fingerprint density at radius 1 is 1.37 bits per heavy atom. The highest BCUT2D eigenvalue weighted by Crippen LogP contribution is 2.17. The van der Waals surface area contributed by atoms with Crippen LogP contribution in [0.5, 0.6) is 0 Å². The normalized spacial score (nSPS) is 11.1. The lowest BCUT2D eigenvalue weighted by molar-refractivity contribution is -0.118. The lowest BCUT2D eigenvalue weighted by Gasteiger charge is -2.06. The summed E-state index contributed by atoms with van der Waals surface area (Å²) in [5.41, 5.74) is 7.79. The monoisotopic (exact) mass is 280 g/mol. The summed E-state index contributed by atoms with van der Waals surface area (Å²) in [6.45, 7) is 2.70. The van der Waals surface area contributed by atoms with Gasteiger partial charge in [0, 0.05) is 18.7 Å². The lowest BCUT2D eigenvalue weighted by atomic mass is 10.2. The standard InChI is InChI=1S/C13H17ClN4O/c1-9-5-6-10-13(16-9)18(12(8-14)17-10)7-3-2-4-11(15)19/h5-6H,2-4,7-8H2,1H3,(H2,15,19). The summed E-state index contributed by atoms with van der Waals surface area (Å²) in [5, 5.41) is 0. The lowest BCUT2D eigenvalue weighted by Crippen LogP contribution is -2.10. The number of amides is 1. The van der Waals surface area contributed by atoms with Crippen molar-refractivity contribution in [3.63, 3.8) is 0 Å². The van der Waals surface area contributed by atoms with Crippen LogP contribution in [0.4, 0.5) is 0 Å². The van der Waals surface area contributed by atoms with Crippen molar-refractivity contribution in [1.82, 2.24) is 14.5 Å². The Labute approximate surface area is 116 Å². The molecule has 0 bridgehead atoms. The maximum Gasteiger partial charge on any atom is 0.217 e. The van der Waals surface area contributed by atoms with E-state index in [0.29, 0.717) is 12.3 Å². The predicted molar refractivity (Wildman–Crippen MR) is 74.9 cm³/mol. The van der Waals surface area contributed by atoms with E-state index < -0.39 is 0 Å². The number of pyridine rings is 1. The molecule has 0 unspecified atom stereocenters. The summed E-state index contributed by atoms with van der Waals surface area (Å²) >= 11 is 5.92. The third-order valence-electron chi connectivity index (χ3n) is 2.98. The van der Waals surface area contributed by atoms with Crippen molar-refractivity contribution in [2.45, 2.75) is 38.6 Å². The van der Waals surface area contributed by atoms with E-state index in [1.54, 1.807) is 0 Å². The van der Waals surface area contributed by atoms with Crippen molar-refractivity contribution in [3.8, 4) is 0 Å². The number of carbonyl (C=O) groups excluding carboxylic acids is 1. The molecule has 0 spiro atoms. The van der Waals surface area contributed by atoms with E-state index in [9.17, 15) is 4.79 Å². The molecule has 0 aromatic carbocycles. The van der Waals surface area contributed by atoms with Crippen molar-refractivity contribution in [2.24, 2.45) is 5.73 Å². The van der Waals surface area contributed by atoms with E-state index in [2.05, 4.69) is 9.97 Å². The molecule has 6 heteroatoms. The van der Waals surface area contributed by atoms with Gasteiger partial charge in [0.2, 0.25) is 5.91 Å². The molecular formula is C13H17ClN4O. The number of unbranched alkanes of at least 4 members (excludes halogenated alkanes) is 1. The van der Waals surface area contributed by atoms with Crippen LogP contribution in [-0.4, -0.2) is 20.4 Å². The average molecular weight is 281 g/mol. The second-order valence-corrected chi connectivity index (χ2v) is 4.80. The molecule has 2 heterocycles. The minimum absolute atomic E-state index is 0.262. The molecule has 0 fully saturated rings. The van der Waals surface area contributed by atoms with Crippen molar-refractivity contribution in [2.75, 3.05) is 0 Å². The SMILES string of the molecule is Cc1ccc2nc(CCl)n(CCCCC(N)=O)c2n1. The summed E-state index contributed by atoms with van der Waals surface area (Å²) in [6, 6.07) is 3.89. The Hall–Kier alpha value is -1.62. The van der Waals surface area contributed by atoms with Gasteiger partial charge in [-0.15, -0.1) is 11.6 Å². The molecule has 102 valence electrons. The van der Waals surface area contributed by atoms with Gasteiger partial charge in [-0.2, -0.15) is 0 Å². The van der Waals surface area contributed by atoms with Crippen molar-refractivity contribution < 1.29 is 4.79 Å². The second-order valence-electron chi connectivity index (χ2n) is 4.53. The van der Waals surface area contributed by atoms with Gasteiger partial charge < -0.3 is 10.3 Å². The van der Waals surface area contributed by atoms with Crippen LogP contribution in [0, 0.1) is 6.92 Å². The zero-order chi connectivity index (χ0) is 13.8. The fraction of sp³-hybridized carbons (Fsp3) is 0.462. The Morgan fingerprint density at radius 3 is 2.84 bits per heavy atom. The number of alkyl halides is 1. The molecule has 2 rings (SSSR count). The first-order valence-electron chi connectivity index (χ1n) is 6.29. The highest BCUT2D eigenvalue weighted by atomic mass is 35.5. The number of aryl methyl sites for hydroxylation is 2. The molecule has 2 N–H and O–H groups in total. The average Bonchev–Trinajstić information content (AvgIpc) is 2.72. The maximum atomic E-state index is 10.7. The molecule has 0 saturated carbocycles. The van der Waals surface area contributed by atoms with E-state index in [1.807, 2.05) is 23.6 Å². The fourth-order valence-corrected chi connectivity index (χ4v) is 2.25. The van der Waals surface area contributed by atoms with Gasteiger partial charge in [-0.3, -0.25) is 4.79 Å². The number of hydrogen-bond acceptors (Lipinski definition) is 3. The van der Waals surface area contributed by atoms with E-state index in [1.165, 1.54) is 0 Å². The van der Waals surface area contributed by atoms with Crippen LogP contribution >= 0.6 is 11.6 Å². The number of nitrogens with zero attached hydrogens (tertiary/aromatic N) is 3. The molecule has 0 aliphatic rings. The van der Waals surface area contributed by atoms with Gasteiger partial charge in [-0.25, -0.2) is 9.97 Å². The smallest absolute Gasteiger partial charge is 0.217 e. The fourth-order valence-electron chi connectivity index (χ4n) is 2.05. The molecule has 0 saturated heterocycles. The van der Waals surface area contributed by atoms with Gasteiger partial charge in [-0.05, 0) is 31.9 Å². The highest BCUT2D eigenvalue weighted by molar-refractivity contribution is 6.16. The van der Waals surface area contributed by atoms with Crippen LogP contribution in [0.2, 0.25) is 0 Å². The number of nitrogens with two attached hydrogens (primary N) is 1. The van der Waals surface area contributed by atoms with Gasteiger partial charge in [0.1, 0.15) is 11.3 Å². The first kappa shape index (κ1) is 13.8. The predicted octanol–water partition coefficient (Wildman–Crippen LogP) is 2.13. The van der Waals surface area contributed by atoms with Crippen molar-refractivity contribution in [3.05, 3.63) is 23.7 Å². The number of halogens is 1. The molecule has 5 nitrogen and oxygen atoms in total. The van der Waals surface area contributed by atoms with Gasteiger partial charge in [0.05, 0.1) is 5.88 Å². The molecule has 0 aliphatic carbocycles. The number of carbonyl (C=O) groups is 1. The van der Waals surface area contributed by atoms with Gasteiger partial charge >= 0.3 is 0 Å². The van der Waals surface area contributed by atoms with Crippen LogP contribution in [0.3, 0.4) is 0 Å². The number of aromatic nitrogens is 3. The highest BCUT2D eigenvalue weighted by Gasteiger charge is 2.11. The van der Waals surface area contributed by atoms with Gasteiger partial charge in [0.15, 0.2) is 5.65 Å². The van der Waals surface area contributed by atoms with Crippen LogP contribution in [0.25, 0.3) is 11.2 Å². The summed E-state index contributed by atoms with van der Waals surface area (Å²) in [5.74, 6) is 0.904. The van der Waals surface area contributed by atoms with Crippen LogP contribution in [0.1, 0.15) is 30.8 Å². The van der Waals surface area contributed by atoms with Crippen LogP contribution < -0.4 is 5.73 Å². The Balaban J connectivity index is 2.19. The molecule has 2 aromatic rings. The number of imidazole rings is 1. The Bertz CT molecular complexity index is 594. The summed E-state index contributed by atoms with van der Waals surface area (Å²) < 4.78 is 2.02. The minimum Gasteiger partial charge on any atom is -0.370 e. The van der Waals surface area contributed by atoms with E-state index in [4.69, 9.17) is 17.3 Å². The number of hydrogen-bond donors (Lipinski definition) is 1. The molecule has 0 atom stereocenters. The molecule has 0 aliphatic heterocycles. The van der Waals surface area contributed by atoms with Crippen LogP contribution in [0.15, 0.2) is 12.1 Å². The molecule has 1 amide bonds. The third-order valence-corrected chi connectivity index (χ3v) is 3.22. The summed E-state index contributed by atoms with van der Waals surface area (Å²) in [7, 11) is 0. The first-order valence-corrected chi connectivity index (χ1v) is 6.82. The molecule has 2 aromatic heterocycles. The summed E-state index contributed by atoms with van der Waals surface area (Å²) in [6.07, 6.45) is 2.03. The third kappa shape index (κ3) is 3.23. The molecular weight excluding hydrogens is 264 g/mol. The zero-order valence-corrected chi connectivity index (χ0v) is 11.7. The molecule has 0 radical (unpaired) electrons. The van der Waals surface area contributed by atoms with Crippen molar-refractivity contribution >= 4 is 28.7 Å². The van der Waals surface area contributed by atoms with Gasteiger partial charge in [-0.1, -0.05) is 0 Å². The van der Waals surface area contributed by atoms with E-state index >= 15 is 0 Å². The Kier molecular flexibility index (Phi) is 4.37. The number of fused-ring (bicyclic) bond motifs is 1.